The topological polar surface area (TPSA) is 100 Å². The molecule has 2 amide bonds. The maximum atomic E-state index is 11.8. The van der Waals surface area contributed by atoms with Crippen molar-refractivity contribution in [2.45, 2.75) is 37.9 Å². The largest absolute Gasteiger partial charge is 0.385 e. The van der Waals surface area contributed by atoms with Crippen LogP contribution in [0.15, 0.2) is 5.10 Å². The van der Waals surface area contributed by atoms with E-state index in [4.69, 9.17) is 4.74 Å². The third-order valence-electron chi connectivity index (χ3n) is 3.38. The van der Waals surface area contributed by atoms with Gasteiger partial charge in [0.2, 0.25) is 5.91 Å². The van der Waals surface area contributed by atoms with E-state index in [2.05, 4.69) is 15.8 Å². The number of ether oxygens (including phenoxy) is 1. The molecule has 7 nitrogen and oxygen atoms in total. The highest BCUT2D eigenvalue weighted by Gasteiger charge is 2.39. The number of nitrogens with one attached hydrogen (secondary N) is 2. The van der Waals surface area contributed by atoms with Crippen LogP contribution >= 0.6 is 0 Å². The van der Waals surface area contributed by atoms with Gasteiger partial charge in [-0.1, -0.05) is 0 Å². The first-order valence-corrected chi connectivity index (χ1v) is 5.99. The van der Waals surface area contributed by atoms with E-state index < -0.39 is 5.60 Å². The molecule has 2 rings (SSSR count). The lowest BCUT2D eigenvalue weighted by Crippen LogP contribution is -2.49. The molecule has 3 N–H and O–H groups in total. The maximum Gasteiger partial charge on any atom is 0.267 e. The Morgan fingerprint density at radius 3 is 3.00 bits per heavy atom. The fraction of sp³-hybridized carbons (Fsp3) is 0.727. The van der Waals surface area contributed by atoms with Gasteiger partial charge in [-0.3, -0.25) is 9.59 Å². The molecule has 0 aromatic carbocycles. The minimum Gasteiger partial charge on any atom is -0.385 e. The summed E-state index contributed by atoms with van der Waals surface area (Å²) < 4.78 is 5.27. The summed E-state index contributed by atoms with van der Waals surface area (Å²) in [5.74, 6) is -0.550. The molecule has 0 saturated carbocycles. The summed E-state index contributed by atoms with van der Waals surface area (Å²) in [6.45, 7) is 2.39. The summed E-state index contributed by atoms with van der Waals surface area (Å²) in [6.07, 6.45) is 0.779. The standard InChI is InChI=1S/C11H17N3O4/c1-7-11(17,4-5-18-7)6-12-10(16)8-2-3-9(15)14-13-8/h7,17H,2-6H2,1H3,(H,12,16)(H,14,15). The molecular formula is C11H17N3O4. The number of aliphatic hydroxyl groups is 1. The van der Waals surface area contributed by atoms with Crippen molar-refractivity contribution in [1.82, 2.24) is 10.7 Å². The average molecular weight is 255 g/mol. The summed E-state index contributed by atoms with van der Waals surface area (Å²) >= 11 is 0. The van der Waals surface area contributed by atoms with Crippen LogP contribution in [0.5, 0.6) is 0 Å². The number of amides is 2. The zero-order chi connectivity index (χ0) is 13.2. The summed E-state index contributed by atoms with van der Waals surface area (Å²) in [4.78, 5) is 22.7. The van der Waals surface area contributed by atoms with E-state index in [1.165, 1.54) is 0 Å². The lowest BCUT2D eigenvalue weighted by Gasteiger charge is -2.26. The van der Waals surface area contributed by atoms with Crippen molar-refractivity contribution < 1.29 is 19.4 Å². The van der Waals surface area contributed by atoms with Gasteiger partial charge in [0.15, 0.2) is 0 Å². The molecule has 2 aliphatic rings. The zero-order valence-corrected chi connectivity index (χ0v) is 10.2. The van der Waals surface area contributed by atoms with Crippen LogP contribution in [0.25, 0.3) is 0 Å². The van der Waals surface area contributed by atoms with Gasteiger partial charge < -0.3 is 15.2 Å². The first-order chi connectivity index (χ1) is 8.51. The molecule has 2 heterocycles. The van der Waals surface area contributed by atoms with Gasteiger partial charge in [-0.15, -0.1) is 0 Å². The van der Waals surface area contributed by atoms with Crippen molar-refractivity contribution >= 4 is 17.5 Å². The third-order valence-corrected chi connectivity index (χ3v) is 3.38. The van der Waals surface area contributed by atoms with Gasteiger partial charge in [0, 0.05) is 32.4 Å². The van der Waals surface area contributed by atoms with Crippen molar-refractivity contribution in [3.05, 3.63) is 0 Å². The number of hydrogen-bond donors (Lipinski definition) is 3. The maximum absolute atomic E-state index is 11.8. The predicted molar refractivity (Wildman–Crippen MR) is 62.8 cm³/mol. The Labute approximate surface area is 105 Å². The molecule has 0 spiro atoms. The number of carbonyl (C=O) groups excluding carboxylic acids is 2. The van der Waals surface area contributed by atoms with Crippen LogP contribution in [0.2, 0.25) is 0 Å². The van der Waals surface area contributed by atoms with Crippen LogP contribution in [0.1, 0.15) is 26.2 Å². The van der Waals surface area contributed by atoms with Crippen molar-refractivity contribution in [1.29, 1.82) is 0 Å². The number of nitrogens with zero attached hydrogens (tertiary/aromatic N) is 1. The second kappa shape index (κ2) is 5.03. The Balaban J connectivity index is 1.87. The molecule has 0 aromatic rings. The van der Waals surface area contributed by atoms with E-state index >= 15 is 0 Å². The highest BCUT2D eigenvalue weighted by Crippen LogP contribution is 2.24. The van der Waals surface area contributed by atoms with Crippen LogP contribution in [0.3, 0.4) is 0 Å². The van der Waals surface area contributed by atoms with Gasteiger partial charge in [-0.05, 0) is 6.92 Å². The molecule has 2 atom stereocenters. The molecular weight excluding hydrogens is 238 g/mol. The molecule has 100 valence electrons. The summed E-state index contributed by atoms with van der Waals surface area (Å²) in [7, 11) is 0. The summed E-state index contributed by atoms with van der Waals surface area (Å²) in [5.41, 5.74) is 1.52. The number of hydrogen-bond acceptors (Lipinski definition) is 5. The van der Waals surface area contributed by atoms with Gasteiger partial charge in [-0.2, -0.15) is 5.10 Å². The van der Waals surface area contributed by atoms with E-state index in [1.807, 2.05) is 0 Å². The van der Waals surface area contributed by atoms with Gasteiger partial charge >= 0.3 is 0 Å². The number of carbonyl (C=O) groups is 2. The highest BCUT2D eigenvalue weighted by molar-refractivity contribution is 6.39. The minimum atomic E-state index is -1.02. The van der Waals surface area contributed by atoms with Crippen LogP contribution in [0.4, 0.5) is 0 Å². The van der Waals surface area contributed by atoms with E-state index in [9.17, 15) is 14.7 Å². The Hall–Kier alpha value is -1.47. The van der Waals surface area contributed by atoms with E-state index in [0.29, 0.717) is 19.4 Å². The smallest absolute Gasteiger partial charge is 0.267 e. The first-order valence-electron chi connectivity index (χ1n) is 5.99. The highest BCUT2D eigenvalue weighted by atomic mass is 16.5. The second-order valence-electron chi connectivity index (χ2n) is 4.64. The molecule has 18 heavy (non-hydrogen) atoms. The van der Waals surface area contributed by atoms with Gasteiger partial charge in [-0.25, -0.2) is 5.43 Å². The second-order valence-corrected chi connectivity index (χ2v) is 4.64. The predicted octanol–water partition coefficient (Wildman–Crippen LogP) is -1.09. The quantitative estimate of drug-likeness (QED) is 0.596. The number of rotatable bonds is 3. The van der Waals surface area contributed by atoms with E-state index in [0.717, 1.165) is 0 Å². The summed E-state index contributed by atoms with van der Waals surface area (Å²) in [6, 6.07) is 0. The van der Waals surface area contributed by atoms with Gasteiger partial charge in [0.05, 0.1) is 6.10 Å². The SMILES string of the molecule is CC1OCCC1(O)CNC(=O)C1=NNC(=O)CC1. The van der Waals surface area contributed by atoms with Gasteiger partial charge in [0.1, 0.15) is 11.3 Å². The Morgan fingerprint density at radius 1 is 1.67 bits per heavy atom. The van der Waals surface area contributed by atoms with Crippen LogP contribution in [-0.4, -0.2) is 47.5 Å². The Bertz CT molecular complexity index is 396. The molecule has 0 aromatic heterocycles. The molecule has 7 heteroatoms. The molecule has 2 unspecified atom stereocenters. The lowest BCUT2D eigenvalue weighted by atomic mass is 9.96. The van der Waals surface area contributed by atoms with Crippen LogP contribution < -0.4 is 10.7 Å². The lowest BCUT2D eigenvalue weighted by molar-refractivity contribution is -0.121. The number of hydrazone groups is 1. The van der Waals surface area contributed by atoms with E-state index in [1.54, 1.807) is 6.92 Å². The fourth-order valence-corrected chi connectivity index (χ4v) is 1.98. The van der Waals surface area contributed by atoms with Crippen LogP contribution in [0, 0.1) is 0 Å². The van der Waals surface area contributed by atoms with Crippen LogP contribution in [-0.2, 0) is 14.3 Å². The molecule has 0 aliphatic carbocycles. The molecule has 2 aliphatic heterocycles. The Morgan fingerprint density at radius 2 is 2.44 bits per heavy atom. The molecule has 1 fully saturated rings. The summed E-state index contributed by atoms with van der Waals surface area (Å²) in [5, 5.41) is 16.5. The van der Waals surface area contributed by atoms with Gasteiger partial charge in [0.25, 0.3) is 5.91 Å². The Kier molecular flexibility index (Phi) is 3.63. The minimum absolute atomic E-state index is 0.125. The van der Waals surface area contributed by atoms with Crippen molar-refractivity contribution in [2.24, 2.45) is 5.10 Å². The molecule has 1 saturated heterocycles. The molecule has 0 bridgehead atoms. The van der Waals surface area contributed by atoms with Crippen molar-refractivity contribution in [3.8, 4) is 0 Å². The normalized spacial score (nSPS) is 31.8. The zero-order valence-electron chi connectivity index (χ0n) is 10.2. The fourth-order valence-electron chi connectivity index (χ4n) is 1.98. The average Bonchev–Trinajstić information content (AvgIpc) is 2.68. The monoisotopic (exact) mass is 255 g/mol. The van der Waals surface area contributed by atoms with E-state index in [-0.39, 0.29) is 36.6 Å². The molecule has 0 radical (unpaired) electrons. The van der Waals surface area contributed by atoms with Crippen molar-refractivity contribution in [3.63, 3.8) is 0 Å². The van der Waals surface area contributed by atoms with Crippen molar-refractivity contribution in [2.75, 3.05) is 13.2 Å². The third kappa shape index (κ3) is 2.68. The first kappa shape index (κ1) is 13.0.